The van der Waals surface area contributed by atoms with Gasteiger partial charge in [0.15, 0.2) is 0 Å². The molecule has 2 atom stereocenters. The van der Waals surface area contributed by atoms with Gasteiger partial charge in [0, 0.05) is 19.1 Å². The van der Waals surface area contributed by atoms with Crippen molar-refractivity contribution in [2.24, 2.45) is 5.73 Å². The average Bonchev–Trinajstić information content (AvgIpc) is 2.72. The molecule has 0 saturated carbocycles. The SMILES string of the molecule is NCC1CCCCCN1CC1CCCc2ccccc21. The molecule has 0 bridgehead atoms. The molecule has 1 aliphatic heterocycles. The molecule has 3 rings (SSSR count). The summed E-state index contributed by atoms with van der Waals surface area (Å²) >= 11 is 0. The van der Waals surface area contributed by atoms with Crippen LogP contribution in [-0.2, 0) is 6.42 Å². The van der Waals surface area contributed by atoms with Crippen molar-refractivity contribution in [1.29, 1.82) is 0 Å². The minimum absolute atomic E-state index is 0.617. The fourth-order valence-corrected chi connectivity index (χ4v) is 4.07. The van der Waals surface area contributed by atoms with Gasteiger partial charge in [-0.15, -0.1) is 0 Å². The largest absolute Gasteiger partial charge is 0.329 e. The van der Waals surface area contributed by atoms with Gasteiger partial charge in [0.1, 0.15) is 0 Å². The van der Waals surface area contributed by atoms with Crippen LogP contribution in [0.2, 0.25) is 0 Å². The van der Waals surface area contributed by atoms with Gasteiger partial charge in [-0.1, -0.05) is 37.1 Å². The van der Waals surface area contributed by atoms with E-state index in [0.29, 0.717) is 6.04 Å². The third-order valence-corrected chi connectivity index (χ3v) is 5.22. The Bertz CT molecular complexity index is 429. The number of rotatable bonds is 3. The van der Waals surface area contributed by atoms with E-state index in [9.17, 15) is 0 Å². The van der Waals surface area contributed by atoms with E-state index in [4.69, 9.17) is 5.73 Å². The fourth-order valence-electron chi connectivity index (χ4n) is 4.07. The maximum absolute atomic E-state index is 6.02. The van der Waals surface area contributed by atoms with Crippen LogP contribution in [0.1, 0.15) is 55.6 Å². The summed E-state index contributed by atoms with van der Waals surface area (Å²) in [7, 11) is 0. The number of fused-ring (bicyclic) bond motifs is 1. The van der Waals surface area contributed by atoms with E-state index in [1.807, 2.05) is 0 Å². The Morgan fingerprint density at radius 1 is 1.05 bits per heavy atom. The van der Waals surface area contributed by atoms with Crippen LogP contribution < -0.4 is 5.73 Å². The number of benzene rings is 1. The van der Waals surface area contributed by atoms with Crippen molar-refractivity contribution in [1.82, 2.24) is 4.90 Å². The van der Waals surface area contributed by atoms with Crippen molar-refractivity contribution in [3.05, 3.63) is 35.4 Å². The van der Waals surface area contributed by atoms with E-state index in [1.54, 1.807) is 11.1 Å². The van der Waals surface area contributed by atoms with Gasteiger partial charge >= 0.3 is 0 Å². The number of nitrogens with two attached hydrogens (primary N) is 1. The molecule has 1 heterocycles. The summed E-state index contributed by atoms with van der Waals surface area (Å²) in [6.45, 7) is 3.30. The van der Waals surface area contributed by atoms with Crippen molar-refractivity contribution in [3.8, 4) is 0 Å². The summed E-state index contributed by atoms with van der Waals surface area (Å²) in [5, 5.41) is 0. The van der Waals surface area contributed by atoms with Gasteiger partial charge in [-0.25, -0.2) is 0 Å². The normalized spacial score (nSPS) is 27.9. The summed E-state index contributed by atoms with van der Waals surface area (Å²) in [6, 6.07) is 9.70. The predicted molar refractivity (Wildman–Crippen MR) is 85.0 cm³/mol. The summed E-state index contributed by atoms with van der Waals surface area (Å²) in [5.41, 5.74) is 9.22. The van der Waals surface area contributed by atoms with Gasteiger partial charge < -0.3 is 5.73 Å². The molecule has 1 aromatic carbocycles. The lowest BCUT2D eigenvalue weighted by molar-refractivity contribution is 0.186. The van der Waals surface area contributed by atoms with E-state index < -0.39 is 0 Å². The van der Waals surface area contributed by atoms with Gasteiger partial charge in [0.2, 0.25) is 0 Å². The van der Waals surface area contributed by atoms with Crippen LogP contribution in [0.25, 0.3) is 0 Å². The standard InChI is InChI=1S/C18H28N2/c19-13-17-10-2-1-5-12-20(17)14-16-9-6-8-15-7-3-4-11-18(15)16/h3-4,7,11,16-17H,1-2,5-6,8-10,12-14,19H2. The van der Waals surface area contributed by atoms with Crippen molar-refractivity contribution < 1.29 is 0 Å². The number of aryl methyl sites for hydroxylation is 1. The van der Waals surface area contributed by atoms with Crippen molar-refractivity contribution in [2.45, 2.75) is 56.9 Å². The molecule has 2 unspecified atom stereocenters. The Kier molecular flexibility index (Phi) is 4.74. The van der Waals surface area contributed by atoms with Gasteiger partial charge in [-0.3, -0.25) is 4.90 Å². The zero-order valence-electron chi connectivity index (χ0n) is 12.6. The highest BCUT2D eigenvalue weighted by Gasteiger charge is 2.26. The Labute approximate surface area is 123 Å². The second-order valence-corrected chi connectivity index (χ2v) is 6.52. The van der Waals surface area contributed by atoms with Crippen LogP contribution in [0.4, 0.5) is 0 Å². The monoisotopic (exact) mass is 272 g/mol. The molecule has 1 aromatic rings. The number of hydrogen-bond donors (Lipinski definition) is 1. The summed E-state index contributed by atoms with van der Waals surface area (Å²) in [5.74, 6) is 0.729. The lowest BCUT2D eigenvalue weighted by Gasteiger charge is -2.35. The number of likely N-dealkylation sites (tertiary alicyclic amines) is 1. The lowest BCUT2D eigenvalue weighted by atomic mass is 9.82. The minimum Gasteiger partial charge on any atom is -0.329 e. The Morgan fingerprint density at radius 2 is 1.95 bits per heavy atom. The van der Waals surface area contributed by atoms with Gasteiger partial charge in [0.05, 0.1) is 0 Å². The van der Waals surface area contributed by atoms with E-state index in [0.717, 1.165) is 12.5 Å². The molecule has 1 saturated heterocycles. The molecule has 0 spiro atoms. The first-order valence-electron chi connectivity index (χ1n) is 8.40. The molecule has 0 amide bonds. The molecule has 20 heavy (non-hydrogen) atoms. The topological polar surface area (TPSA) is 29.3 Å². The highest BCUT2D eigenvalue weighted by molar-refractivity contribution is 5.32. The second-order valence-electron chi connectivity index (χ2n) is 6.52. The van der Waals surface area contributed by atoms with Crippen LogP contribution >= 0.6 is 0 Å². The molecule has 0 aromatic heterocycles. The van der Waals surface area contributed by atoms with Gasteiger partial charge in [-0.2, -0.15) is 0 Å². The summed E-state index contributed by atoms with van der Waals surface area (Å²) in [4.78, 5) is 2.69. The van der Waals surface area contributed by atoms with Crippen molar-refractivity contribution in [3.63, 3.8) is 0 Å². The van der Waals surface area contributed by atoms with E-state index in [-0.39, 0.29) is 0 Å². The van der Waals surface area contributed by atoms with E-state index >= 15 is 0 Å². The van der Waals surface area contributed by atoms with Gasteiger partial charge in [-0.05, 0) is 55.7 Å². The first-order chi connectivity index (χ1) is 9.88. The fraction of sp³-hybridized carbons (Fsp3) is 0.667. The predicted octanol–water partition coefficient (Wildman–Crippen LogP) is 3.31. The smallest absolute Gasteiger partial charge is 0.0218 e. The first-order valence-corrected chi connectivity index (χ1v) is 8.40. The molecular formula is C18H28N2. The quantitative estimate of drug-likeness (QED) is 0.914. The molecule has 2 N–H and O–H groups in total. The van der Waals surface area contributed by atoms with Crippen LogP contribution in [0.5, 0.6) is 0 Å². The zero-order chi connectivity index (χ0) is 13.8. The maximum Gasteiger partial charge on any atom is 0.0218 e. The Morgan fingerprint density at radius 3 is 2.85 bits per heavy atom. The highest BCUT2D eigenvalue weighted by atomic mass is 15.2. The summed E-state index contributed by atoms with van der Waals surface area (Å²) < 4.78 is 0. The molecule has 2 nitrogen and oxygen atoms in total. The number of hydrogen-bond acceptors (Lipinski definition) is 2. The molecular weight excluding hydrogens is 244 g/mol. The second kappa shape index (κ2) is 6.73. The highest BCUT2D eigenvalue weighted by Crippen LogP contribution is 2.33. The third kappa shape index (κ3) is 3.07. The molecule has 1 aliphatic carbocycles. The molecule has 0 radical (unpaired) electrons. The Hall–Kier alpha value is -0.860. The molecule has 2 heteroatoms. The maximum atomic E-state index is 6.02. The Balaban J connectivity index is 1.73. The van der Waals surface area contributed by atoms with Gasteiger partial charge in [0.25, 0.3) is 0 Å². The minimum atomic E-state index is 0.617. The van der Waals surface area contributed by atoms with Crippen LogP contribution in [-0.4, -0.2) is 30.6 Å². The molecule has 1 fully saturated rings. The third-order valence-electron chi connectivity index (χ3n) is 5.22. The van der Waals surface area contributed by atoms with Crippen molar-refractivity contribution >= 4 is 0 Å². The number of nitrogens with zero attached hydrogens (tertiary/aromatic N) is 1. The van der Waals surface area contributed by atoms with Crippen molar-refractivity contribution in [2.75, 3.05) is 19.6 Å². The van der Waals surface area contributed by atoms with Crippen LogP contribution in [0.3, 0.4) is 0 Å². The van der Waals surface area contributed by atoms with E-state index in [2.05, 4.69) is 29.2 Å². The van der Waals surface area contributed by atoms with Crippen LogP contribution in [0.15, 0.2) is 24.3 Å². The molecule has 2 aliphatic rings. The molecule has 110 valence electrons. The zero-order valence-corrected chi connectivity index (χ0v) is 12.6. The van der Waals surface area contributed by atoms with Crippen LogP contribution in [0, 0.1) is 0 Å². The lowest BCUT2D eigenvalue weighted by Crippen LogP contribution is -2.42. The average molecular weight is 272 g/mol. The summed E-state index contributed by atoms with van der Waals surface area (Å²) in [6.07, 6.45) is 9.37. The van der Waals surface area contributed by atoms with E-state index in [1.165, 1.54) is 58.0 Å². The first kappa shape index (κ1) is 14.1.